The number of nitrogens with zero attached hydrogens (tertiary/aromatic N) is 1. The van der Waals surface area contributed by atoms with Gasteiger partial charge < -0.3 is 15.0 Å². The number of benzene rings is 1. The van der Waals surface area contributed by atoms with Gasteiger partial charge in [-0.1, -0.05) is 0 Å². The van der Waals surface area contributed by atoms with Gasteiger partial charge in [0.2, 0.25) is 0 Å². The van der Waals surface area contributed by atoms with Gasteiger partial charge in [0.05, 0.1) is 0 Å². The molecular weight excluding hydrogens is 212 g/mol. The first-order valence-electron chi connectivity index (χ1n) is 8.28. The van der Waals surface area contributed by atoms with Crippen molar-refractivity contribution >= 4 is 10.9 Å². The predicted octanol–water partition coefficient (Wildman–Crippen LogP) is 2.51. The maximum Gasteiger partial charge on any atom is 0.116 e. The number of rotatable bonds is 2. The van der Waals surface area contributed by atoms with E-state index < -0.39 is 19.4 Å². The maximum absolute atomic E-state index is 9.65. The number of aromatic hydroxyl groups is 1. The molecule has 0 saturated carbocycles. The van der Waals surface area contributed by atoms with E-state index >= 15 is 0 Å². The number of phenolic OH excluding ortho intramolecular Hbond substituents is 1. The molecule has 2 heterocycles. The summed E-state index contributed by atoms with van der Waals surface area (Å²) >= 11 is 0. The minimum Gasteiger partial charge on any atom is -0.508 e. The molecule has 0 bridgehead atoms. The second kappa shape index (κ2) is 4.08. The van der Waals surface area contributed by atoms with Gasteiger partial charge in [0, 0.05) is 30.0 Å². The van der Waals surface area contributed by atoms with Crippen LogP contribution in [0.1, 0.15) is 25.3 Å². The van der Waals surface area contributed by atoms with E-state index in [1.54, 1.807) is 12.3 Å². The lowest BCUT2D eigenvalue weighted by molar-refractivity contribution is 0.310. The number of aromatic nitrogens is 1. The van der Waals surface area contributed by atoms with E-state index in [0.29, 0.717) is 30.3 Å². The molecule has 0 aliphatic carbocycles. The Labute approximate surface area is 108 Å². The molecular formula is C14H18N2O. The molecule has 1 atom stereocenters. The van der Waals surface area contributed by atoms with Crippen LogP contribution in [0.5, 0.6) is 5.75 Å². The summed E-state index contributed by atoms with van der Waals surface area (Å²) in [5, 5.41) is 10.2. The highest BCUT2D eigenvalue weighted by molar-refractivity contribution is 5.84. The summed E-state index contributed by atoms with van der Waals surface area (Å²) in [7, 11) is 0. The van der Waals surface area contributed by atoms with Crippen LogP contribution in [-0.2, 0) is 6.37 Å². The third kappa shape index (κ3) is 1.91. The first-order valence-corrected chi connectivity index (χ1v) is 5.78. The first kappa shape index (κ1) is 6.45. The van der Waals surface area contributed by atoms with Crippen molar-refractivity contribution in [3.05, 3.63) is 30.0 Å². The molecule has 1 aliphatic heterocycles. The highest BCUT2D eigenvalue weighted by Crippen LogP contribution is 2.26. The highest BCUT2D eigenvalue weighted by atomic mass is 16.3. The fourth-order valence-corrected chi connectivity index (χ4v) is 2.32. The fourth-order valence-electron chi connectivity index (χ4n) is 2.32. The van der Waals surface area contributed by atoms with Crippen LogP contribution in [-0.4, -0.2) is 34.6 Å². The highest BCUT2D eigenvalue weighted by Gasteiger charge is 2.22. The lowest BCUT2D eigenvalue weighted by Gasteiger charge is -2.18. The third-order valence-corrected chi connectivity index (χ3v) is 3.24. The van der Waals surface area contributed by atoms with Gasteiger partial charge in [0.15, 0.2) is 0 Å². The number of fused-ring (bicyclic) bond motifs is 1. The van der Waals surface area contributed by atoms with Crippen LogP contribution in [0, 0.1) is 0 Å². The van der Waals surface area contributed by atoms with E-state index in [1.165, 1.54) is 17.0 Å². The number of H-pyrrole nitrogens is 1. The van der Waals surface area contributed by atoms with Crippen molar-refractivity contribution in [3.8, 4) is 5.75 Å². The molecule has 3 rings (SSSR count). The maximum atomic E-state index is 9.65. The molecule has 3 heteroatoms. The van der Waals surface area contributed by atoms with Crippen LogP contribution in [0.15, 0.2) is 24.4 Å². The lowest BCUT2D eigenvalue weighted by Crippen LogP contribution is -2.26. The number of phenols is 1. The molecule has 2 aromatic rings. The summed E-state index contributed by atoms with van der Waals surface area (Å²) in [4.78, 5) is 4.26. The summed E-state index contributed by atoms with van der Waals surface area (Å²) in [6.45, 7) is -1.93. The Morgan fingerprint density at radius 2 is 2.59 bits per heavy atom. The largest absolute Gasteiger partial charge is 0.508 e. The molecule has 1 aromatic carbocycles. The Morgan fingerprint density at radius 3 is 3.47 bits per heavy atom. The van der Waals surface area contributed by atoms with Crippen LogP contribution >= 0.6 is 0 Å². The molecule has 1 saturated heterocycles. The first-order chi connectivity index (χ1) is 10.2. The zero-order valence-electron chi connectivity index (χ0n) is 14.4. The average molecular weight is 235 g/mol. The summed E-state index contributed by atoms with van der Waals surface area (Å²) in [6.07, 6.45) is 0.907. The molecule has 1 aromatic heterocycles. The molecule has 1 aliphatic rings. The van der Waals surface area contributed by atoms with Gasteiger partial charge in [-0.15, -0.1) is 0 Å². The van der Waals surface area contributed by atoms with Gasteiger partial charge in [-0.2, -0.15) is 0 Å². The molecule has 0 unspecified atom stereocenters. The van der Waals surface area contributed by atoms with E-state index in [-0.39, 0.29) is 5.75 Å². The molecule has 90 valence electrons. The number of hydrogen-bond acceptors (Lipinski definition) is 2. The van der Waals surface area contributed by atoms with E-state index in [1.807, 2.05) is 0 Å². The Balaban J connectivity index is 2.06. The Hall–Kier alpha value is -1.48. The molecule has 2 N–H and O–H groups in total. The van der Waals surface area contributed by atoms with Crippen molar-refractivity contribution in [2.75, 3.05) is 13.5 Å². The van der Waals surface area contributed by atoms with Gasteiger partial charge in [-0.05, 0) is 56.5 Å². The predicted molar refractivity (Wildman–Crippen MR) is 69.3 cm³/mol. The second-order valence-electron chi connectivity index (χ2n) is 4.43. The smallest absolute Gasteiger partial charge is 0.116 e. The van der Waals surface area contributed by atoms with Crippen LogP contribution in [0.4, 0.5) is 0 Å². The molecule has 3 nitrogen and oxygen atoms in total. The van der Waals surface area contributed by atoms with Crippen LogP contribution in [0.25, 0.3) is 10.9 Å². The van der Waals surface area contributed by atoms with Gasteiger partial charge in [-0.25, -0.2) is 0 Å². The lowest BCUT2D eigenvalue weighted by atomic mass is 10.0. The zero-order chi connectivity index (χ0) is 16.1. The van der Waals surface area contributed by atoms with Crippen molar-refractivity contribution in [1.29, 1.82) is 0 Å². The molecule has 0 radical (unpaired) electrons. The minimum absolute atomic E-state index is 0.0586. The normalized spacial score (nSPS) is 27.3. The van der Waals surface area contributed by atoms with E-state index in [4.69, 9.17) is 6.85 Å². The van der Waals surface area contributed by atoms with Crippen molar-refractivity contribution in [1.82, 2.24) is 9.88 Å². The van der Waals surface area contributed by atoms with Gasteiger partial charge >= 0.3 is 0 Å². The monoisotopic (exact) mass is 235 g/mol. The number of likely N-dealkylation sites (tertiary alicyclic amines) is 1. The van der Waals surface area contributed by atoms with Crippen molar-refractivity contribution in [2.24, 2.45) is 0 Å². The molecule has 0 amide bonds. The summed E-state index contributed by atoms with van der Waals surface area (Å²) in [6, 6.07) is 4.01. The van der Waals surface area contributed by atoms with Gasteiger partial charge in [-0.3, -0.25) is 0 Å². The Morgan fingerprint density at radius 1 is 1.65 bits per heavy atom. The minimum atomic E-state index is -2.30. The van der Waals surface area contributed by atoms with E-state index in [2.05, 4.69) is 4.98 Å². The number of nitrogens with one attached hydrogen (secondary N) is 1. The van der Waals surface area contributed by atoms with Gasteiger partial charge in [0.25, 0.3) is 0 Å². The third-order valence-electron chi connectivity index (χ3n) is 3.24. The zero-order valence-corrected chi connectivity index (χ0v) is 9.40. The van der Waals surface area contributed by atoms with Crippen molar-refractivity contribution in [3.63, 3.8) is 0 Å². The average Bonchev–Trinajstić information content (AvgIpc) is 3.04. The van der Waals surface area contributed by atoms with E-state index in [9.17, 15) is 5.11 Å². The molecule has 17 heavy (non-hydrogen) atoms. The number of likely N-dealkylation sites (N-methyl/N-ethyl adjacent to an activating group) is 1. The van der Waals surface area contributed by atoms with Crippen LogP contribution in [0.3, 0.4) is 0 Å². The Kier molecular flexibility index (Phi) is 1.55. The summed E-state index contributed by atoms with van der Waals surface area (Å²) in [5.41, 5.74) is 1.11. The van der Waals surface area contributed by atoms with Crippen molar-refractivity contribution < 1.29 is 12.0 Å². The summed E-state index contributed by atoms with van der Waals surface area (Å²) < 4.78 is 39.9. The fraction of sp³-hybridized carbons (Fsp3) is 0.429. The standard InChI is InChI=1S/C14H18N2O/c1-16-6-2-3-11(16)7-10-9-15-14-5-4-12(17)8-13(10)14/h4-5,8-9,11,15,17H,2-3,6-7H2,1H3/t11-/m1/s1/i1D3,7D2. The molecule has 0 spiro atoms. The van der Waals surface area contributed by atoms with Crippen LogP contribution < -0.4 is 0 Å². The number of hydrogen-bond donors (Lipinski definition) is 2. The topological polar surface area (TPSA) is 39.3 Å². The Bertz CT molecular complexity index is 694. The SMILES string of the molecule is [2H]C([2H])(c1c[nH]c2ccc(O)cc12)[C@H]1CCCN1C([2H])([2H])[2H]. The van der Waals surface area contributed by atoms with E-state index in [0.717, 1.165) is 5.52 Å². The molecule has 1 fully saturated rings. The van der Waals surface area contributed by atoms with Crippen molar-refractivity contribution in [2.45, 2.75) is 25.3 Å². The summed E-state index contributed by atoms with van der Waals surface area (Å²) in [5.74, 6) is 0.0586. The van der Waals surface area contributed by atoms with Gasteiger partial charge in [0.1, 0.15) is 5.75 Å². The van der Waals surface area contributed by atoms with Crippen LogP contribution in [0.2, 0.25) is 0 Å². The second-order valence-corrected chi connectivity index (χ2v) is 4.43. The number of aromatic amines is 1. The quantitative estimate of drug-likeness (QED) is 0.839.